The Balaban J connectivity index is 3.23. The number of terminal acetylenes is 1. The van der Waals surface area contributed by atoms with Crippen LogP contribution in [0, 0.1) is 34.1 Å². The van der Waals surface area contributed by atoms with Gasteiger partial charge in [0, 0.05) is 6.07 Å². The van der Waals surface area contributed by atoms with Crippen LogP contribution < -0.4 is 4.74 Å². The van der Waals surface area contributed by atoms with Gasteiger partial charge in [0.2, 0.25) is 11.6 Å². The van der Waals surface area contributed by atoms with E-state index in [0.29, 0.717) is 6.07 Å². The van der Waals surface area contributed by atoms with Gasteiger partial charge in [-0.1, -0.05) is 5.92 Å². The number of ether oxygens (including phenoxy) is 1. The van der Waals surface area contributed by atoms with Crippen LogP contribution in [-0.4, -0.2) is 11.5 Å². The van der Waals surface area contributed by atoms with Crippen LogP contribution in [0.15, 0.2) is 12.1 Å². The number of hydrogen-bond acceptors (Lipinski definition) is 3. The highest BCUT2D eigenvalue weighted by Crippen LogP contribution is 2.31. The lowest BCUT2D eigenvalue weighted by molar-refractivity contribution is -0.386. The summed E-state index contributed by atoms with van der Waals surface area (Å²) in [6.07, 6.45) is 4.83. The highest BCUT2D eigenvalue weighted by Gasteiger charge is 2.22. The Kier molecular flexibility index (Phi) is 3.18. The molecule has 0 bridgehead atoms. The van der Waals surface area contributed by atoms with Gasteiger partial charge < -0.3 is 4.74 Å². The molecule has 0 N–H and O–H groups in total. The second kappa shape index (κ2) is 4.37. The van der Waals surface area contributed by atoms with Crippen molar-refractivity contribution < 1.29 is 18.4 Å². The quantitative estimate of drug-likeness (QED) is 0.437. The summed E-state index contributed by atoms with van der Waals surface area (Å²) in [6.45, 7) is -0.374. The number of rotatable bonds is 3. The molecular weight excluding hydrogens is 208 g/mol. The van der Waals surface area contributed by atoms with Crippen LogP contribution in [0.1, 0.15) is 0 Å². The molecule has 0 unspecified atom stereocenters. The van der Waals surface area contributed by atoms with Crippen molar-refractivity contribution in [3.05, 3.63) is 33.9 Å². The third kappa shape index (κ3) is 2.20. The number of nitro groups is 1. The van der Waals surface area contributed by atoms with Gasteiger partial charge in [-0.25, -0.2) is 4.39 Å². The molecule has 6 heteroatoms. The summed E-state index contributed by atoms with van der Waals surface area (Å²) < 4.78 is 30.4. The molecular formula is C9H5F2NO3. The fourth-order valence-electron chi connectivity index (χ4n) is 0.917. The van der Waals surface area contributed by atoms with Gasteiger partial charge in [0.1, 0.15) is 6.61 Å². The molecule has 0 aliphatic carbocycles. The van der Waals surface area contributed by atoms with Crippen molar-refractivity contribution >= 4 is 5.69 Å². The van der Waals surface area contributed by atoms with E-state index in [-0.39, 0.29) is 6.61 Å². The minimum atomic E-state index is -1.42. The first-order valence-corrected chi connectivity index (χ1v) is 3.76. The summed E-state index contributed by atoms with van der Waals surface area (Å²) in [6, 6.07) is 1.46. The van der Waals surface area contributed by atoms with Gasteiger partial charge in [-0.05, 0) is 6.07 Å². The van der Waals surface area contributed by atoms with E-state index in [4.69, 9.17) is 6.42 Å². The molecule has 0 saturated heterocycles. The zero-order chi connectivity index (χ0) is 11.4. The molecule has 1 aromatic carbocycles. The van der Waals surface area contributed by atoms with Crippen LogP contribution in [0.5, 0.6) is 5.75 Å². The van der Waals surface area contributed by atoms with Gasteiger partial charge in [0.15, 0.2) is 5.82 Å². The van der Waals surface area contributed by atoms with Crippen molar-refractivity contribution in [3.8, 4) is 18.1 Å². The number of nitrogens with zero attached hydrogens (tertiary/aromatic N) is 1. The largest absolute Gasteiger partial charge is 0.472 e. The van der Waals surface area contributed by atoms with Crippen LogP contribution in [0.3, 0.4) is 0 Å². The molecule has 0 radical (unpaired) electrons. The fourth-order valence-corrected chi connectivity index (χ4v) is 0.917. The molecule has 0 spiro atoms. The van der Waals surface area contributed by atoms with E-state index >= 15 is 0 Å². The predicted molar refractivity (Wildman–Crippen MR) is 47.3 cm³/mol. The SMILES string of the molecule is C#CCOc1c([N+](=O)[O-])ccc(F)c1F. The van der Waals surface area contributed by atoms with Crippen molar-refractivity contribution in [3.63, 3.8) is 0 Å². The number of hydrogen-bond donors (Lipinski definition) is 0. The van der Waals surface area contributed by atoms with Crippen molar-refractivity contribution in [2.45, 2.75) is 0 Å². The Labute approximate surface area is 83.6 Å². The fraction of sp³-hybridized carbons (Fsp3) is 0.111. The lowest BCUT2D eigenvalue weighted by atomic mass is 10.2. The van der Waals surface area contributed by atoms with Gasteiger partial charge in [-0.2, -0.15) is 4.39 Å². The first-order chi connectivity index (χ1) is 7.07. The minimum absolute atomic E-state index is 0.374. The standard InChI is InChI=1S/C9H5F2NO3/c1-2-5-15-9-7(12(13)14)4-3-6(10)8(9)11/h1,3-4H,5H2. The molecule has 0 amide bonds. The van der Waals surface area contributed by atoms with Crippen molar-refractivity contribution in [2.24, 2.45) is 0 Å². The summed E-state index contributed by atoms with van der Waals surface area (Å²) in [7, 11) is 0. The molecule has 78 valence electrons. The van der Waals surface area contributed by atoms with E-state index < -0.39 is 28.0 Å². The second-order valence-corrected chi connectivity index (χ2v) is 2.46. The number of benzene rings is 1. The van der Waals surface area contributed by atoms with Crippen LogP contribution >= 0.6 is 0 Å². The van der Waals surface area contributed by atoms with Gasteiger partial charge in [0.25, 0.3) is 0 Å². The first kappa shape index (κ1) is 10.9. The average molecular weight is 213 g/mol. The van der Waals surface area contributed by atoms with Crippen molar-refractivity contribution in [1.82, 2.24) is 0 Å². The lowest BCUT2D eigenvalue weighted by Crippen LogP contribution is -2.02. The molecule has 0 atom stereocenters. The van der Waals surface area contributed by atoms with E-state index in [1.807, 2.05) is 5.92 Å². The number of nitro benzene ring substituents is 1. The van der Waals surface area contributed by atoms with E-state index in [0.717, 1.165) is 6.07 Å². The highest BCUT2D eigenvalue weighted by atomic mass is 19.2. The Hall–Kier alpha value is -2.16. The Morgan fingerprint density at radius 3 is 2.73 bits per heavy atom. The summed E-state index contributed by atoms with van der Waals surface area (Å²) in [5.74, 6) is -1.43. The first-order valence-electron chi connectivity index (χ1n) is 3.76. The van der Waals surface area contributed by atoms with Crippen LogP contribution in [0.4, 0.5) is 14.5 Å². The van der Waals surface area contributed by atoms with Gasteiger partial charge in [-0.15, -0.1) is 6.42 Å². The molecule has 0 saturated carbocycles. The Bertz CT molecular complexity index is 440. The molecule has 0 aromatic heterocycles. The van der Waals surface area contributed by atoms with E-state index in [9.17, 15) is 18.9 Å². The molecule has 0 aliphatic rings. The lowest BCUT2D eigenvalue weighted by Gasteiger charge is -2.04. The molecule has 0 fully saturated rings. The molecule has 15 heavy (non-hydrogen) atoms. The summed E-state index contributed by atoms with van der Waals surface area (Å²) in [5, 5.41) is 10.4. The smallest absolute Gasteiger partial charge is 0.314 e. The molecule has 0 heterocycles. The summed E-state index contributed by atoms with van der Waals surface area (Å²) in [5.41, 5.74) is -0.663. The number of halogens is 2. The Morgan fingerprint density at radius 1 is 1.53 bits per heavy atom. The second-order valence-electron chi connectivity index (χ2n) is 2.46. The molecule has 1 rings (SSSR count). The van der Waals surface area contributed by atoms with Crippen molar-refractivity contribution in [1.29, 1.82) is 0 Å². The average Bonchev–Trinajstić information content (AvgIpc) is 2.19. The van der Waals surface area contributed by atoms with Crippen LogP contribution in [0.2, 0.25) is 0 Å². The highest BCUT2D eigenvalue weighted by molar-refractivity contribution is 5.47. The minimum Gasteiger partial charge on any atom is -0.472 e. The van der Waals surface area contributed by atoms with E-state index in [2.05, 4.69) is 4.74 Å². The molecule has 1 aromatic rings. The van der Waals surface area contributed by atoms with Crippen LogP contribution in [0.25, 0.3) is 0 Å². The van der Waals surface area contributed by atoms with Gasteiger partial charge in [-0.3, -0.25) is 10.1 Å². The third-order valence-corrected chi connectivity index (χ3v) is 1.53. The van der Waals surface area contributed by atoms with Gasteiger partial charge in [0.05, 0.1) is 4.92 Å². The van der Waals surface area contributed by atoms with Crippen LogP contribution in [-0.2, 0) is 0 Å². The maximum Gasteiger partial charge on any atom is 0.314 e. The normalized spacial score (nSPS) is 9.40. The molecule has 4 nitrogen and oxygen atoms in total. The zero-order valence-corrected chi connectivity index (χ0v) is 7.37. The Morgan fingerprint density at radius 2 is 2.20 bits per heavy atom. The maximum atomic E-state index is 13.1. The zero-order valence-electron chi connectivity index (χ0n) is 7.37. The summed E-state index contributed by atoms with van der Waals surface area (Å²) >= 11 is 0. The van der Waals surface area contributed by atoms with Crippen molar-refractivity contribution in [2.75, 3.05) is 6.61 Å². The predicted octanol–water partition coefficient (Wildman–Crippen LogP) is 1.89. The van der Waals surface area contributed by atoms with E-state index in [1.165, 1.54) is 0 Å². The topological polar surface area (TPSA) is 52.4 Å². The van der Waals surface area contributed by atoms with E-state index in [1.54, 1.807) is 0 Å². The summed E-state index contributed by atoms with van der Waals surface area (Å²) in [4.78, 5) is 9.55. The third-order valence-electron chi connectivity index (χ3n) is 1.53. The molecule has 0 aliphatic heterocycles. The maximum absolute atomic E-state index is 13.1. The van der Waals surface area contributed by atoms with Gasteiger partial charge >= 0.3 is 5.69 Å². The monoisotopic (exact) mass is 213 g/mol.